The summed E-state index contributed by atoms with van der Waals surface area (Å²) in [4.78, 5) is 0. The highest BCUT2D eigenvalue weighted by atomic mass is 32.2. The Balaban J connectivity index is 2.80. The molecule has 1 unspecified atom stereocenters. The van der Waals surface area contributed by atoms with Gasteiger partial charge in [-0.25, -0.2) is 8.42 Å². The lowest BCUT2D eigenvalue weighted by atomic mass is 10.4. The van der Waals surface area contributed by atoms with Crippen molar-refractivity contribution in [2.24, 2.45) is 0 Å². The predicted molar refractivity (Wildman–Crippen MR) is 57.5 cm³/mol. The molecular formula is C8H17NO2S2. The molecule has 0 aliphatic carbocycles. The van der Waals surface area contributed by atoms with Crippen molar-refractivity contribution in [1.82, 2.24) is 4.31 Å². The summed E-state index contributed by atoms with van der Waals surface area (Å²) in [6.07, 6.45) is 0. The van der Waals surface area contributed by atoms with E-state index in [1.807, 2.05) is 18.7 Å². The molecule has 0 aromatic rings. The quantitative estimate of drug-likeness (QED) is 0.705. The van der Waals surface area contributed by atoms with Crippen LogP contribution in [-0.2, 0) is 10.0 Å². The Kier molecular flexibility index (Phi) is 3.65. The van der Waals surface area contributed by atoms with Gasteiger partial charge in [0.05, 0.1) is 5.25 Å². The normalized spacial score (nSPS) is 26.6. The Hall–Kier alpha value is 0.260. The number of thioether (sulfide) groups is 1. The topological polar surface area (TPSA) is 37.4 Å². The molecule has 1 rings (SSSR count). The summed E-state index contributed by atoms with van der Waals surface area (Å²) in [5, 5.41) is -0.293. The molecule has 0 aromatic heterocycles. The zero-order valence-electron chi connectivity index (χ0n) is 8.36. The average Bonchev–Trinajstić information content (AvgIpc) is 2.04. The van der Waals surface area contributed by atoms with Crippen LogP contribution in [0.25, 0.3) is 0 Å². The zero-order chi connectivity index (χ0) is 10.1. The van der Waals surface area contributed by atoms with Gasteiger partial charge in [-0.1, -0.05) is 0 Å². The molecule has 5 heteroatoms. The van der Waals surface area contributed by atoms with E-state index in [1.165, 1.54) is 0 Å². The van der Waals surface area contributed by atoms with Crippen molar-refractivity contribution < 1.29 is 8.42 Å². The number of hydrogen-bond acceptors (Lipinski definition) is 3. The lowest BCUT2D eigenvalue weighted by molar-refractivity contribution is 0.364. The van der Waals surface area contributed by atoms with Gasteiger partial charge in [0.25, 0.3) is 0 Å². The second kappa shape index (κ2) is 4.19. The highest BCUT2D eigenvalue weighted by Crippen LogP contribution is 2.21. The van der Waals surface area contributed by atoms with Gasteiger partial charge >= 0.3 is 0 Å². The van der Waals surface area contributed by atoms with Crippen LogP contribution in [0.5, 0.6) is 0 Å². The van der Waals surface area contributed by atoms with Gasteiger partial charge < -0.3 is 0 Å². The molecule has 1 atom stereocenters. The molecule has 1 fully saturated rings. The molecule has 0 aromatic carbocycles. The fraction of sp³-hybridized carbons (Fsp3) is 1.00. The summed E-state index contributed by atoms with van der Waals surface area (Å²) in [5.74, 6) is 1.85. The highest BCUT2D eigenvalue weighted by molar-refractivity contribution is 7.99. The Morgan fingerprint density at radius 1 is 1.46 bits per heavy atom. The third-order valence-electron chi connectivity index (χ3n) is 2.23. The van der Waals surface area contributed by atoms with E-state index in [1.54, 1.807) is 18.2 Å². The van der Waals surface area contributed by atoms with Crippen molar-refractivity contribution >= 4 is 21.8 Å². The zero-order valence-corrected chi connectivity index (χ0v) is 9.99. The third kappa shape index (κ3) is 2.39. The molecule has 78 valence electrons. The first-order valence-electron chi connectivity index (χ1n) is 4.54. The van der Waals surface area contributed by atoms with Crippen molar-refractivity contribution in [1.29, 1.82) is 0 Å². The van der Waals surface area contributed by atoms with E-state index in [9.17, 15) is 8.42 Å². The van der Waals surface area contributed by atoms with Crippen molar-refractivity contribution in [3.8, 4) is 0 Å². The van der Waals surface area contributed by atoms with E-state index in [-0.39, 0.29) is 11.3 Å². The third-order valence-corrected chi connectivity index (χ3v) is 5.81. The highest BCUT2D eigenvalue weighted by Gasteiger charge is 2.31. The van der Waals surface area contributed by atoms with Gasteiger partial charge in [0, 0.05) is 24.1 Å². The van der Waals surface area contributed by atoms with E-state index in [2.05, 4.69) is 0 Å². The van der Waals surface area contributed by atoms with Crippen LogP contribution in [-0.4, -0.2) is 42.1 Å². The molecule has 0 radical (unpaired) electrons. The van der Waals surface area contributed by atoms with Crippen LogP contribution < -0.4 is 0 Å². The predicted octanol–water partition coefficient (Wildman–Crippen LogP) is 1.16. The first-order chi connectivity index (χ1) is 5.96. The van der Waals surface area contributed by atoms with Crippen LogP contribution in [0, 0.1) is 0 Å². The Labute approximate surface area is 84.9 Å². The molecule has 1 heterocycles. The standard InChI is InChI=1S/C8H17NO2S2/c1-7(2)13(10,11)9-4-5-12-6-8(9)3/h7-8H,4-6H2,1-3H3. The fourth-order valence-corrected chi connectivity index (χ4v) is 4.05. The molecule has 0 saturated carbocycles. The van der Waals surface area contributed by atoms with Gasteiger partial charge in [-0.15, -0.1) is 0 Å². The van der Waals surface area contributed by atoms with Crippen LogP contribution in [0.2, 0.25) is 0 Å². The minimum atomic E-state index is -3.03. The summed E-state index contributed by atoms with van der Waals surface area (Å²) in [5.41, 5.74) is 0. The maximum absolute atomic E-state index is 11.8. The molecule has 1 saturated heterocycles. The van der Waals surface area contributed by atoms with E-state index in [0.717, 1.165) is 11.5 Å². The van der Waals surface area contributed by atoms with Crippen molar-refractivity contribution in [2.75, 3.05) is 18.1 Å². The Bertz CT molecular complexity index is 261. The smallest absolute Gasteiger partial charge is 0.212 e. The monoisotopic (exact) mass is 223 g/mol. The van der Waals surface area contributed by atoms with Gasteiger partial charge in [-0.05, 0) is 20.8 Å². The fourth-order valence-electron chi connectivity index (χ4n) is 1.36. The summed E-state index contributed by atoms with van der Waals surface area (Å²) < 4.78 is 25.3. The molecule has 0 N–H and O–H groups in total. The summed E-state index contributed by atoms with van der Waals surface area (Å²) >= 11 is 1.83. The maximum Gasteiger partial charge on any atom is 0.216 e. The summed E-state index contributed by atoms with van der Waals surface area (Å²) in [6.45, 7) is 6.13. The minimum absolute atomic E-state index is 0.158. The number of rotatable bonds is 2. The van der Waals surface area contributed by atoms with Gasteiger partial charge in [-0.3, -0.25) is 0 Å². The van der Waals surface area contributed by atoms with Gasteiger partial charge in [0.2, 0.25) is 10.0 Å². The Morgan fingerprint density at radius 3 is 2.54 bits per heavy atom. The first kappa shape index (κ1) is 11.3. The maximum atomic E-state index is 11.8. The molecule has 0 amide bonds. The van der Waals surface area contributed by atoms with Gasteiger partial charge in [0.15, 0.2) is 0 Å². The van der Waals surface area contributed by atoms with E-state index in [4.69, 9.17) is 0 Å². The molecule has 13 heavy (non-hydrogen) atoms. The van der Waals surface area contributed by atoms with Gasteiger partial charge in [-0.2, -0.15) is 16.1 Å². The van der Waals surface area contributed by atoms with Gasteiger partial charge in [0.1, 0.15) is 0 Å². The van der Waals surface area contributed by atoms with Crippen molar-refractivity contribution in [3.05, 3.63) is 0 Å². The number of hydrogen-bond donors (Lipinski definition) is 0. The minimum Gasteiger partial charge on any atom is -0.212 e. The molecule has 1 aliphatic heterocycles. The lowest BCUT2D eigenvalue weighted by Gasteiger charge is -2.33. The van der Waals surface area contributed by atoms with Crippen molar-refractivity contribution in [2.45, 2.75) is 32.1 Å². The van der Waals surface area contributed by atoms with Crippen LogP contribution in [0.3, 0.4) is 0 Å². The summed E-state index contributed by atoms with van der Waals surface area (Å²) in [7, 11) is -3.03. The Morgan fingerprint density at radius 2 is 2.08 bits per heavy atom. The molecule has 0 bridgehead atoms. The number of sulfonamides is 1. The largest absolute Gasteiger partial charge is 0.216 e. The van der Waals surface area contributed by atoms with E-state index in [0.29, 0.717) is 6.54 Å². The van der Waals surface area contributed by atoms with Crippen molar-refractivity contribution in [3.63, 3.8) is 0 Å². The number of nitrogens with zero attached hydrogens (tertiary/aromatic N) is 1. The average molecular weight is 223 g/mol. The molecule has 3 nitrogen and oxygen atoms in total. The second-order valence-corrected chi connectivity index (χ2v) is 7.22. The summed E-state index contributed by atoms with van der Waals surface area (Å²) in [6, 6.07) is 0.158. The second-order valence-electron chi connectivity index (χ2n) is 3.63. The molecular weight excluding hydrogens is 206 g/mol. The van der Waals surface area contributed by atoms with Crippen LogP contribution in [0.15, 0.2) is 0 Å². The SMILES string of the molecule is CC1CSCCN1S(=O)(=O)C(C)C. The van der Waals surface area contributed by atoms with Crippen LogP contribution in [0.1, 0.15) is 20.8 Å². The van der Waals surface area contributed by atoms with Crippen LogP contribution >= 0.6 is 11.8 Å². The lowest BCUT2D eigenvalue weighted by Crippen LogP contribution is -2.47. The molecule has 1 aliphatic rings. The van der Waals surface area contributed by atoms with E-state index >= 15 is 0 Å². The first-order valence-corrected chi connectivity index (χ1v) is 7.20. The van der Waals surface area contributed by atoms with E-state index < -0.39 is 10.0 Å². The van der Waals surface area contributed by atoms with Crippen LogP contribution in [0.4, 0.5) is 0 Å². The molecule has 0 spiro atoms.